The smallest absolute Gasteiger partial charge is 0.313 e. The van der Waals surface area contributed by atoms with Crippen molar-refractivity contribution in [1.82, 2.24) is 4.72 Å². The van der Waals surface area contributed by atoms with Crippen LogP contribution in [0, 0.1) is 12.8 Å². The summed E-state index contributed by atoms with van der Waals surface area (Å²) in [4.78, 5) is 12.2. The van der Waals surface area contributed by atoms with Gasteiger partial charge in [-0.2, -0.15) is 0 Å². The Bertz CT molecular complexity index is 862. The van der Waals surface area contributed by atoms with Gasteiger partial charge < -0.3 is 14.6 Å². The molecule has 27 heavy (non-hydrogen) atoms. The first-order valence-corrected chi connectivity index (χ1v) is 9.73. The molecule has 2 rings (SSSR count). The van der Waals surface area contributed by atoms with Crippen molar-refractivity contribution in [2.75, 3.05) is 20.8 Å². The van der Waals surface area contributed by atoms with E-state index in [-0.39, 0.29) is 11.4 Å². The molecule has 0 radical (unpaired) electrons. The highest BCUT2D eigenvalue weighted by Gasteiger charge is 2.30. The van der Waals surface area contributed by atoms with Crippen LogP contribution in [0.3, 0.4) is 0 Å². The van der Waals surface area contributed by atoms with Gasteiger partial charge >= 0.3 is 5.97 Å². The first-order chi connectivity index (χ1) is 12.8. The number of aliphatic hydroxyl groups excluding tert-OH is 1. The van der Waals surface area contributed by atoms with Crippen molar-refractivity contribution in [3.63, 3.8) is 0 Å². The molecule has 2 atom stereocenters. The third kappa shape index (κ3) is 5.29. The van der Waals surface area contributed by atoms with Crippen molar-refractivity contribution in [3.8, 4) is 5.75 Å². The lowest BCUT2D eigenvalue weighted by Gasteiger charge is -2.21. The number of esters is 1. The molecule has 0 bridgehead atoms. The average Bonchev–Trinajstić information content (AvgIpc) is 2.68. The quantitative estimate of drug-likeness (QED) is 0.663. The number of rotatable bonds is 8. The Morgan fingerprint density at radius 1 is 1.07 bits per heavy atom. The summed E-state index contributed by atoms with van der Waals surface area (Å²) in [6, 6.07) is 12.8. The molecule has 146 valence electrons. The molecule has 2 aromatic rings. The molecular weight excluding hydrogens is 370 g/mol. The number of aliphatic hydroxyl groups is 1. The van der Waals surface area contributed by atoms with Gasteiger partial charge in [0, 0.05) is 6.54 Å². The minimum Gasteiger partial charge on any atom is -0.497 e. The van der Waals surface area contributed by atoms with Gasteiger partial charge in [0.1, 0.15) is 11.7 Å². The van der Waals surface area contributed by atoms with Crippen LogP contribution in [0.2, 0.25) is 0 Å². The van der Waals surface area contributed by atoms with E-state index < -0.39 is 28.0 Å². The van der Waals surface area contributed by atoms with Crippen molar-refractivity contribution in [2.24, 2.45) is 5.92 Å². The number of hydrogen-bond acceptors (Lipinski definition) is 6. The van der Waals surface area contributed by atoms with E-state index in [0.29, 0.717) is 11.3 Å². The highest BCUT2D eigenvalue weighted by atomic mass is 32.2. The van der Waals surface area contributed by atoms with E-state index in [1.54, 1.807) is 36.4 Å². The average molecular weight is 393 g/mol. The van der Waals surface area contributed by atoms with Gasteiger partial charge in [-0.25, -0.2) is 13.1 Å². The fourth-order valence-electron chi connectivity index (χ4n) is 2.51. The van der Waals surface area contributed by atoms with E-state index in [4.69, 9.17) is 9.47 Å². The highest BCUT2D eigenvalue weighted by Crippen LogP contribution is 2.25. The van der Waals surface area contributed by atoms with Gasteiger partial charge in [0.15, 0.2) is 0 Å². The monoisotopic (exact) mass is 393 g/mol. The normalized spacial score (nSPS) is 13.6. The molecule has 0 aliphatic carbocycles. The number of ether oxygens (including phenoxy) is 2. The predicted molar refractivity (Wildman–Crippen MR) is 99.8 cm³/mol. The number of aryl methyl sites for hydroxylation is 1. The molecule has 0 heterocycles. The lowest BCUT2D eigenvalue weighted by atomic mass is 9.96. The molecule has 0 aliphatic rings. The maximum Gasteiger partial charge on any atom is 0.313 e. The summed E-state index contributed by atoms with van der Waals surface area (Å²) in [7, 11) is -1.13. The minimum atomic E-state index is -3.83. The zero-order valence-corrected chi connectivity index (χ0v) is 16.2. The summed E-state index contributed by atoms with van der Waals surface area (Å²) >= 11 is 0. The Kier molecular flexibility index (Phi) is 6.95. The molecule has 2 N–H and O–H groups in total. The molecule has 8 heteroatoms. The Morgan fingerprint density at radius 3 is 2.19 bits per heavy atom. The zero-order chi connectivity index (χ0) is 20.0. The minimum absolute atomic E-state index is 0.0793. The SMILES string of the molecule is COC(=O)[C@@H](CNS(=O)(=O)c1ccc(C)cc1)[C@@H](O)c1ccc(OC)cc1. The van der Waals surface area contributed by atoms with Crippen LogP contribution >= 0.6 is 0 Å². The van der Waals surface area contributed by atoms with Crippen molar-refractivity contribution < 1.29 is 27.8 Å². The van der Waals surface area contributed by atoms with Gasteiger partial charge in [0.2, 0.25) is 10.0 Å². The number of sulfonamides is 1. The number of carbonyl (C=O) groups excluding carboxylic acids is 1. The molecule has 0 aromatic heterocycles. The molecule has 2 aromatic carbocycles. The summed E-state index contributed by atoms with van der Waals surface area (Å²) in [5.41, 5.74) is 1.37. The van der Waals surface area contributed by atoms with Crippen LogP contribution in [0.4, 0.5) is 0 Å². The van der Waals surface area contributed by atoms with Gasteiger partial charge in [0.25, 0.3) is 0 Å². The van der Waals surface area contributed by atoms with E-state index in [9.17, 15) is 18.3 Å². The van der Waals surface area contributed by atoms with Crippen LogP contribution in [-0.4, -0.2) is 40.3 Å². The third-order valence-corrected chi connectivity index (χ3v) is 5.61. The maximum atomic E-state index is 12.4. The van der Waals surface area contributed by atoms with Crippen LogP contribution in [-0.2, 0) is 19.6 Å². The summed E-state index contributed by atoms with van der Waals surface area (Å²) in [6.07, 6.45) is -1.25. The molecule has 7 nitrogen and oxygen atoms in total. The maximum absolute atomic E-state index is 12.4. The molecule has 0 aliphatic heterocycles. The predicted octanol–water partition coefficient (Wildman–Crippen LogP) is 1.80. The van der Waals surface area contributed by atoms with E-state index in [0.717, 1.165) is 5.56 Å². The second kappa shape index (κ2) is 8.98. The van der Waals surface area contributed by atoms with Gasteiger partial charge in [-0.05, 0) is 36.8 Å². The van der Waals surface area contributed by atoms with E-state index in [1.165, 1.54) is 26.4 Å². The number of benzene rings is 2. The Balaban J connectivity index is 2.18. The van der Waals surface area contributed by atoms with Crippen molar-refractivity contribution in [3.05, 3.63) is 59.7 Å². The van der Waals surface area contributed by atoms with E-state index in [2.05, 4.69) is 4.72 Å². The third-order valence-electron chi connectivity index (χ3n) is 4.17. The van der Waals surface area contributed by atoms with Crippen LogP contribution < -0.4 is 9.46 Å². The van der Waals surface area contributed by atoms with Crippen LogP contribution in [0.5, 0.6) is 5.75 Å². The fraction of sp³-hybridized carbons (Fsp3) is 0.316. The summed E-state index contributed by atoms with van der Waals surface area (Å²) in [5.74, 6) is -1.23. The first kappa shape index (κ1) is 20.9. The Labute approximate surface area is 159 Å². The van der Waals surface area contributed by atoms with Crippen LogP contribution in [0.25, 0.3) is 0 Å². The topological polar surface area (TPSA) is 102 Å². The molecule has 0 fully saturated rings. The molecular formula is C19H23NO6S. The lowest BCUT2D eigenvalue weighted by molar-refractivity contribution is -0.149. The molecule has 0 unspecified atom stereocenters. The lowest BCUT2D eigenvalue weighted by Crippen LogP contribution is -2.37. The van der Waals surface area contributed by atoms with Gasteiger partial charge in [-0.1, -0.05) is 29.8 Å². The number of carbonyl (C=O) groups is 1. The van der Waals surface area contributed by atoms with Crippen LogP contribution in [0.1, 0.15) is 17.2 Å². The second-order valence-electron chi connectivity index (χ2n) is 6.01. The number of hydrogen-bond donors (Lipinski definition) is 2. The molecule has 0 saturated carbocycles. The van der Waals surface area contributed by atoms with Crippen molar-refractivity contribution >= 4 is 16.0 Å². The first-order valence-electron chi connectivity index (χ1n) is 8.24. The summed E-state index contributed by atoms with van der Waals surface area (Å²) in [5, 5.41) is 10.6. The number of nitrogens with one attached hydrogen (secondary N) is 1. The highest BCUT2D eigenvalue weighted by molar-refractivity contribution is 7.89. The van der Waals surface area contributed by atoms with Crippen LogP contribution in [0.15, 0.2) is 53.4 Å². The van der Waals surface area contributed by atoms with Gasteiger partial charge in [0.05, 0.1) is 25.2 Å². The van der Waals surface area contributed by atoms with E-state index >= 15 is 0 Å². The van der Waals surface area contributed by atoms with Gasteiger partial charge in [-0.15, -0.1) is 0 Å². The van der Waals surface area contributed by atoms with E-state index in [1.807, 2.05) is 6.92 Å². The number of methoxy groups -OCH3 is 2. The summed E-state index contributed by atoms with van der Waals surface area (Å²) < 4.78 is 37.0. The molecule has 0 spiro atoms. The molecule has 0 saturated heterocycles. The largest absolute Gasteiger partial charge is 0.497 e. The Hall–Kier alpha value is -2.42. The zero-order valence-electron chi connectivity index (χ0n) is 15.4. The molecule has 0 amide bonds. The fourth-order valence-corrected chi connectivity index (χ4v) is 3.57. The summed E-state index contributed by atoms with van der Waals surface area (Å²) in [6.45, 7) is 1.54. The standard InChI is InChI=1S/C19H23NO6S/c1-13-4-10-16(11-5-13)27(23,24)20-12-17(19(22)26-3)18(21)14-6-8-15(25-2)9-7-14/h4-11,17-18,20-21H,12H2,1-3H3/t17-,18-/m0/s1. The Morgan fingerprint density at radius 2 is 1.67 bits per heavy atom. The van der Waals surface area contributed by atoms with Crippen molar-refractivity contribution in [1.29, 1.82) is 0 Å². The second-order valence-corrected chi connectivity index (χ2v) is 7.78. The van der Waals surface area contributed by atoms with Gasteiger partial charge in [-0.3, -0.25) is 4.79 Å². The van der Waals surface area contributed by atoms with Crippen molar-refractivity contribution in [2.45, 2.75) is 17.9 Å².